The highest BCUT2D eigenvalue weighted by Gasteiger charge is 2.17. The lowest BCUT2D eigenvalue weighted by Gasteiger charge is -2.24. The largest absolute Gasteiger partial charge is 0.495 e. The van der Waals surface area contributed by atoms with Crippen LogP contribution in [0.4, 0.5) is 0 Å². The van der Waals surface area contributed by atoms with Crippen LogP contribution in [0.2, 0.25) is 0 Å². The monoisotopic (exact) mass is 391 g/mol. The van der Waals surface area contributed by atoms with Gasteiger partial charge in [0.05, 0.1) is 11.9 Å². The summed E-state index contributed by atoms with van der Waals surface area (Å²) >= 11 is 0. The Morgan fingerprint density at radius 2 is 1.54 bits per heavy atom. The molecule has 0 radical (unpaired) electrons. The molecule has 1 aromatic heterocycles. The molecule has 1 aromatic rings. The van der Waals surface area contributed by atoms with Crippen molar-refractivity contribution in [3.05, 3.63) is 45.9 Å². The number of rotatable bonds is 3. The van der Waals surface area contributed by atoms with Gasteiger partial charge in [0.2, 0.25) is 0 Å². The van der Waals surface area contributed by atoms with E-state index in [1.54, 1.807) is 0 Å². The predicted octanol–water partition coefficient (Wildman–Crippen LogP) is 6.70. The van der Waals surface area contributed by atoms with Gasteiger partial charge in [0.1, 0.15) is 23.4 Å². The Labute approximate surface area is 172 Å². The van der Waals surface area contributed by atoms with Crippen LogP contribution >= 0.6 is 0 Å². The van der Waals surface area contributed by atoms with Crippen molar-refractivity contribution in [1.82, 2.24) is 0 Å². The summed E-state index contributed by atoms with van der Waals surface area (Å²) in [5.74, 6) is 4.21. The maximum absolute atomic E-state index is 5.65. The fraction of sp³-hybridized carbons (Fsp3) is 0.667. The quantitative estimate of drug-likeness (QED) is 0.622. The van der Waals surface area contributed by atoms with E-state index in [1.807, 2.05) is 20.8 Å². The molecule has 3 heterocycles. The van der Waals surface area contributed by atoms with Gasteiger partial charge in [0.15, 0.2) is 0 Å². The van der Waals surface area contributed by atoms with Crippen molar-refractivity contribution in [1.29, 1.82) is 0 Å². The Balaban J connectivity index is 0.000000210. The normalized spacial score (nSPS) is 21.3. The van der Waals surface area contributed by atoms with Gasteiger partial charge in [-0.3, -0.25) is 0 Å². The molecule has 2 aliphatic rings. The summed E-state index contributed by atoms with van der Waals surface area (Å²) in [6.45, 7) is 16.6. The van der Waals surface area contributed by atoms with Gasteiger partial charge in [-0.15, -0.1) is 0 Å². The fourth-order valence-electron chi connectivity index (χ4n) is 3.09. The number of nitrogens with two attached hydrogens (primary N) is 1. The van der Waals surface area contributed by atoms with Crippen LogP contribution in [0.3, 0.4) is 0 Å². The molecule has 160 valence electrons. The summed E-state index contributed by atoms with van der Waals surface area (Å²) in [5, 5.41) is 0. The fourth-order valence-corrected chi connectivity index (χ4v) is 3.09. The second kappa shape index (κ2) is 11.9. The molecule has 0 aliphatic carbocycles. The molecule has 0 saturated heterocycles. The van der Waals surface area contributed by atoms with Crippen molar-refractivity contribution in [3.63, 3.8) is 0 Å². The summed E-state index contributed by atoms with van der Waals surface area (Å²) in [7, 11) is 0. The Hall–Kier alpha value is -1.84. The zero-order valence-electron chi connectivity index (χ0n) is 19.3. The number of allylic oxidation sites excluding steroid dienone is 3. The molecule has 0 amide bonds. The van der Waals surface area contributed by atoms with E-state index >= 15 is 0 Å². The van der Waals surface area contributed by atoms with Crippen LogP contribution in [0.25, 0.3) is 0 Å². The van der Waals surface area contributed by atoms with E-state index in [0.29, 0.717) is 12.2 Å². The Morgan fingerprint density at radius 1 is 0.929 bits per heavy atom. The first-order chi connectivity index (χ1) is 13.2. The van der Waals surface area contributed by atoms with Gasteiger partial charge >= 0.3 is 0 Å². The van der Waals surface area contributed by atoms with E-state index in [1.165, 1.54) is 11.1 Å². The summed E-state index contributed by atoms with van der Waals surface area (Å²) in [5.41, 5.74) is 9.25. The minimum atomic E-state index is 0.410. The molecule has 0 fully saturated rings. The SMILES string of the molecule is CCC1CC(C)=C(C)O1.CCC1CCC(N)=C(C)O1.CCc1cc(C)c(C)o1. The third-order valence-electron chi connectivity index (χ3n) is 5.49. The maximum atomic E-state index is 5.65. The minimum absolute atomic E-state index is 0.410. The molecule has 2 N–H and O–H groups in total. The smallest absolute Gasteiger partial charge is 0.112 e. The molecule has 2 atom stereocenters. The second-order valence-corrected chi connectivity index (χ2v) is 7.76. The lowest BCUT2D eigenvalue weighted by atomic mass is 10.1. The van der Waals surface area contributed by atoms with Crippen molar-refractivity contribution in [2.24, 2.45) is 5.73 Å². The van der Waals surface area contributed by atoms with Crippen molar-refractivity contribution in [2.45, 2.75) is 106 Å². The van der Waals surface area contributed by atoms with Crippen molar-refractivity contribution in [3.8, 4) is 0 Å². The molecule has 0 bridgehead atoms. The topological polar surface area (TPSA) is 57.6 Å². The minimum Gasteiger partial charge on any atom is -0.495 e. The van der Waals surface area contributed by atoms with E-state index in [2.05, 4.69) is 40.7 Å². The molecule has 4 heteroatoms. The van der Waals surface area contributed by atoms with Gasteiger partial charge < -0.3 is 19.6 Å². The number of hydrogen-bond donors (Lipinski definition) is 1. The van der Waals surface area contributed by atoms with E-state index in [0.717, 1.165) is 67.3 Å². The molecule has 2 aliphatic heterocycles. The van der Waals surface area contributed by atoms with Crippen LogP contribution in [0, 0.1) is 13.8 Å². The Morgan fingerprint density at radius 3 is 1.86 bits per heavy atom. The van der Waals surface area contributed by atoms with E-state index in [-0.39, 0.29) is 0 Å². The van der Waals surface area contributed by atoms with Gasteiger partial charge in [-0.25, -0.2) is 0 Å². The molecule has 2 unspecified atom stereocenters. The van der Waals surface area contributed by atoms with E-state index < -0.39 is 0 Å². The number of hydrogen-bond acceptors (Lipinski definition) is 4. The van der Waals surface area contributed by atoms with Gasteiger partial charge in [-0.2, -0.15) is 0 Å². The van der Waals surface area contributed by atoms with E-state index in [9.17, 15) is 0 Å². The summed E-state index contributed by atoms with van der Waals surface area (Å²) in [6.07, 6.45) is 7.33. The first-order valence-corrected chi connectivity index (χ1v) is 10.7. The van der Waals surface area contributed by atoms with Crippen LogP contribution in [0.1, 0.15) is 90.7 Å². The van der Waals surface area contributed by atoms with Gasteiger partial charge in [-0.05, 0) is 77.5 Å². The average Bonchev–Trinajstić information content (AvgIpc) is 3.19. The maximum Gasteiger partial charge on any atom is 0.112 e. The Bertz CT molecular complexity index is 636. The lowest BCUT2D eigenvalue weighted by Crippen LogP contribution is -2.19. The highest BCUT2D eigenvalue weighted by atomic mass is 16.5. The van der Waals surface area contributed by atoms with Crippen LogP contribution in [0.15, 0.2) is 33.3 Å². The molecule has 28 heavy (non-hydrogen) atoms. The van der Waals surface area contributed by atoms with Crippen LogP contribution < -0.4 is 5.73 Å². The summed E-state index contributed by atoms with van der Waals surface area (Å²) in [6, 6.07) is 2.09. The van der Waals surface area contributed by atoms with Crippen LogP contribution in [-0.2, 0) is 15.9 Å². The highest BCUT2D eigenvalue weighted by molar-refractivity contribution is 5.18. The molecule has 0 aromatic carbocycles. The zero-order chi connectivity index (χ0) is 21.3. The number of furan rings is 1. The average molecular weight is 392 g/mol. The molecule has 0 saturated carbocycles. The standard InChI is InChI=1S/C8H15NO.C8H14O.C8H12O/c1-3-7-4-5-8(9)6(2)10-7;2*1-4-8-5-6(2)7(3)9-8/h7H,3-5,9H2,1-2H3;8H,4-5H2,1-3H3;5H,4H2,1-3H3. The first-order valence-electron chi connectivity index (χ1n) is 10.7. The third-order valence-corrected chi connectivity index (χ3v) is 5.49. The van der Waals surface area contributed by atoms with E-state index in [4.69, 9.17) is 19.6 Å². The Kier molecular flexibility index (Phi) is 10.3. The molecular weight excluding hydrogens is 350 g/mol. The molecule has 3 rings (SSSR count). The van der Waals surface area contributed by atoms with Crippen LogP contribution in [0.5, 0.6) is 0 Å². The zero-order valence-corrected chi connectivity index (χ0v) is 19.3. The predicted molar refractivity (Wildman–Crippen MR) is 117 cm³/mol. The molecule has 4 nitrogen and oxygen atoms in total. The van der Waals surface area contributed by atoms with Gasteiger partial charge in [-0.1, -0.05) is 20.8 Å². The lowest BCUT2D eigenvalue weighted by molar-refractivity contribution is 0.0885. The molecule has 0 spiro atoms. The van der Waals surface area contributed by atoms with Crippen molar-refractivity contribution >= 4 is 0 Å². The number of ether oxygens (including phenoxy) is 2. The second-order valence-electron chi connectivity index (χ2n) is 7.76. The third kappa shape index (κ3) is 7.65. The number of aryl methyl sites for hydroxylation is 3. The highest BCUT2D eigenvalue weighted by Crippen LogP contribution is 2.25. The van der Waals surface area contributed by atoms with Gasteiger partial charge in [0, 0.05) is 18.5 Å². The van der Waals surface area contributed by atoms with Crippen molar-refractivity contribution in [2.75, 3.05) is 0 Å². The first kappa shape index (κ1) is 24.2. The molecular formula is C24H41NO3. The summed E-state index contributed by atoms with van der Waals surface area (Å²) < 4.78 is 16.4. The van der Waals surface area contributed by atoms with Gasteiger partial charge in [0.25, 0.3) is 0 Å². The van der Waals surface area contributed by atoms with Crippen LogP contribution in [-0.4, -0.2) is 12.2 Å². The summed E-state index contributed by atoms with van der Waals surface area (Å²) in [4.78, 5) is 0. The van der Waals surface area contributed by atoms with Crippen molar-refractivity contribution < 1.29 is 13.9 Å².